The maximum Gasteiger partial charge on any atom is 0.0328 e. The van der Waals surface area contributed by atoms with Crippen molar-refractivity contribution in [2.24, 2.45) is 23.5 Å². The van der Waals surface area contributed by atoms with E-state index >= 15 is 0 Å². The largest absolute Gasteiger partial charge is 0.329 e. The number of hydrogen-bond acceptors (Lipinski definition) is 2. The van der Waals surface area contributed by atoms with Crippen LogP contribution in [0.3, 0.4) is 0 Å². The zero-order chi connectivity index (χ0) is 14.5. The molecule has 0 aromatic carbocycles. The van der Waals surface area contributed by atoms with Crippen molar-refractivity contribution in [1.29, 1.82) is 0 Å². The average Bonchev–Trinajstić information content (AvgIpc) is 2.59. The molecule has 2 nitrogen and oxygen atoms in total. The van der Waals surface area contributed by atoms with Crippen LogP contribution in [0.4, 0.5) is 0 Å². The van der Waals surface area contributed by atoms with Crippen molar-refractivity contribution in [3.63, 3.8) is 0 Å². The lowest BCUT2D eigenvalue weighted by molar-refractivity contribution is 0.0997. The Kier molecular flexibility index (Phi) is 6.82. The molecule has 1 aliphatic rings. The van der Waals surface area contributed by atoms with Crippen LogP contribution in [-0.4, -0.2) is 30.6 Å². The third-order valence-corrected chi connectivity index (χ3v) is 5.37. The SMILES string of the molecule is CC(C)CCN(C)C1(CN)CCCC(C(C)C)CC1. The summed E-state index contributed by atoms with van der Waals surface area (Å²) < 4.78 is 0. The van der Waals surface area contributed by atoms with Gasteiger partial charge in [-0.25, -0.2) is 0 Å². The van der Waals surface area contributed by atoms with Crippen molar-refractivity contribution in [1.82, 2.24) is 4.90 Å². The third-order valence-electron chi connectivity index (χ3n) is 5.37. The van der Waals surface area contributed by atoms with Gasteiger partial charge in [-0.2, -0.15) is 0 Å². The van der Waals surface area contributed by atoms with Gasteiger partial charge in [0.05, 0.1) is 0 Å². The van der Waals surface area contributed by atoms with E-state index in [1.807, 2.05) is 0 Å². The van der Waals surface area contributed by atoms with Gasteiger partial charge in [-0.15, -0.1) is 0 Å². The Morgan fingerprint density at radius 1 is 1.16 bits per heavy atom. The number of nitrogens with zero attached hydrogens (tertiary/aromatic N) is 1. The zero-order valence-electron chi connectivity index (χ0n) is 13.9. The molecule has 0 spiro atoms. The highest BCUT2D eigenvalue weighted by Gasteiger charge is 2.35. The maximum atomic E-state index is 6.19. The van der Waals surface area contributed by atoms with Gasteiger partial charge in [0.15, 0.2) is 0 Å². The number of likely N-dealkylation sites (N-methyl/N-ethyl adjacent to an activating group) is 1. The predicted molar refractivity (Wildman–Crippen MR) is 85.3 cm³/mol. The second-order valence-corrected chi connectivity index (χ2v) is 7.47. The van der Waals surface area contributed by atoms with Crippen molar-refractivity contribution >= 4 is 0 Å². The van der Waals surface area contributed by atoms with Gasteiger partial charge >= 0.3 is 0 Å². The molecule has 0 aromatic heterocycles. The molecule has 1 aliphatic carbocycles. The smallest absolute Gasteiger partial charge is 0.0328 e. The number of hydrogen-bond donors (Lipinski definition) is 1. The minimum atomic E-state index is 0.276. The van der Waals surface area contributed by atoms with Crippen LogP contribution in [0.25, 0.3) is 0 Å². The molecule has 0 saturated heterocycles. The number of rotatable bonds is 6. The Morgan fingerprint density at radius 2 is 1.84 bits per heavy atom. The molecule has 1 fully saturated rings. The fraction of sp³-hybridized carbons (Fsp3) is 1.00. The second kappa shape index (κ2) is 7.64. The van der Waals surface area contributed by atoms with E-state index in [-0.39, 0.29) is 5.54 Å². The highest BCUT2D eigenvalue weighted by Crippen LogP contribution is 2.36. The zero-order valence-corrected chi connectivity index (χ0v) is 13.9. The minimum Gasteiger partial charge on any atom is -0.329 e. The average molecular weight is 268 g/mol. The first kappa shape index (κ1) is 17.0. The first-order valence-corrected chi connectivity index (χ1v) is 8.32. The third kappa shape index (κ3) is 4.75. The van der Waals surface area contributed by atoms with Crippen LogP contribution in [0, 0.1) is 17.8 Å². The van der Waals surface area contributed by atoms with Crippen molar-refractivity contribution < 1.29 is 0 Å². The Morgan fingerprint density at radius 3 is 2.37 bits per heavy atom. The van der Waals surface area contributed by atoms with E-state index in [9.17, 15) is 0 Å². The molecule has 0 amide bonds. The first-order valence-electron chi connectivity index (χ1n) is 8.32. The molecule has 2 N–H and O–H groups in total. The fourth-order valence-electron chi connectivity index (χ4n) is 3.51. The van der Waals surface area contributed by atoms with Gasteiger partial charge in [-0.1, -0.05) is 40.5 Å². The molecule has 1 saturated carbocycles. The summed E-state index contributed by atoms with van der Waals surface area (Å²) in [6, 6.07) is 0. The predicted octanol–water partition coefficient (Wildman–Crippen LogP) is 3.90. The Balaban J connectivity index is 2.63. The van der Waals surface area contributed by atoms with E-state index in [0.29, 0.717) is 0 Å². The van der Waals surface area contributed by atoms with E-state index in [1.165, 1.54) is 45.1 Å². The van der Waals surface area contributed by atoms with E-state index in [2.05, 4.69) is 39.6 Å². The monoisotopic (exact) mass is 268 g/mol. The molecule has 2 unspecified atom stereocenters. The van der Waals surface area contributed by atoms with Crippen molar-refractivity contribution in [2.75, 3.05) is 20.1 Å². The van der Waals surface area contributed by atoms with Gasteiger partial charge in [0.2, 0.25) is 0 Å². The van der Waals surface area contributed by atoms with Crippen LogP contribution in [0.15, 0.2) is 0 Å². The summed E-state index contributed by atoms with van der Waals surface area (Å²) in [5, 5.41) is 0. The van der Waals surface area contributed by atoms with Crippen molar-refractivity contribution in [3.05, 3.63) is 0 Å². The van der Waals surface area contributed by atoms with Crippen LogP contribution in [0.1, 0.15) is 66.2 Å². The van der Waals surface area contributed by atoms with E-state index in [4.69, 9.17) is 5.73 Å². The molecular formula is C17H36N2. The van der Waals surface area contributed by atoms with Gasteiger partial charge < -0.3 is 5.73 Å². The summed E-state index contributed by atoms with van der Waals surface area (Å²) >= 11 is 0. The topological polar surface area (TPSA) is 29.3 Å². The van der Waals surface area contributed by atoms with E-state index in [0.717, 1.165) is 24.3 Å². The first-order chi connectivity index (χ1) is 8.91. The summed E-state index contributed by atoms with van der Waals surface area (Å²) in [7, 11) is 2.30. The minimum absolute atomic E-state index is 0.276. The highest BCUT2D eigenvalue weighted by atomic mass is 15.2. The van der Waals surface area contributed by atoms with Crippen LogP contribution < -0.4 is 5.73 Å². The Bertz CT molecular complexity index is 250. The lowest BCUT2D eigenvalue weighted by Gasteiger charge is -2.41. The van der Waals surface area contributed by atoms with Crippen LogP contribution >= 0.6 is 0 Å². The van der Waals surface area contributed by atoms with Crippen LogP contribution in [0.2, 0.25) is 0 Å². The molecule has 19 heavy (non-hydrogen) atoms. The fourth-order valence-corrected chi connectivity index (χ4v) is 3.51. The standard InChI is InChI=1S/C17H36N2/c1-14(2)9-12-19(5)17(13-18)10-6-7-16(8-11-17)15(3)4/h14-16H,6-13,18H2,1-5H3. The molecule has 0 aliphatic heterocycles. The van der Waals surface area contributed by atoms with Crippen LogP contribution in [0.5, 0.6) is 0 Å². The Labute approximate surface area is 121 Å². The van der Waals surface area contributed by atoms with Gasteiger partial charge in [0.1, 0.15) is 0 Å². The van der Waals surface area contributed by atoms with E-state index < -0.39 is 0 Å². The lowest BCUT2D eigenvalue weighted by Crippen LogP contribution is -2.52. The summed E-state index contributed by atoms with van der Waals surface area (Å²) in [5.41, 5.74) is 6.47. The van der Waals surface area contributed by atoms with Gasteiger partial charge in [0.25, 0.3) is 0 Å². The lowest BCUT2D eigenvalue weighted by atomic mass is 9.85. The summed E-state index contributed by atoms with van der Waals surface area (Å²) in [5.74, 6) is 2.52. The summed E-state index contributed by atoms with van der Waals surface area (Å²) in [4.78, 5) is 2.58. The Hall–Kier alpha value is -0.0800. The maximum absolute atomic E-state index is 6.19. The second-order valence-electron chi connectivity index (χ2n) is 7.47. The molecule has 0 bridgehead atoms. The van der Waals surface area contributed by atoms with E-state index in [1.54, 1.807) is 0 Å². The quantitative estimate of drug-likeness (QED) is 0.740. The molecule has 2 atom stereocenters. The van der Waals surface area contributed by atoms with Gasteiger partial charge in [0, 0.05) is 12.1 Å². The van der Waals surface area contributed by atoms with Crippen molar-refractivity contribution in [3.8, 4) is 0 Å². The molecule has 0 radical (unpaired) electrons. The molecule has 1 rings (SSSR count). The molecule has 0 heterocycles. The number of nitrogens with two attached hydrogens (primary N) is 1. The van der Waals surface area contributed by atoms with Crippen LogP contribution in [-0.2, 0) is 0 Å². The molecule has 0 aromatic rings. The molecular weight excluding hydrogens is 232 g/mol. The molecule has 2 heteroatoms. The summed E-state index contributed by atoms with van der Waals surface area (Å²) in [6.07, 6.45) is 7.98. The highest BCUT2D eigenvalue weighted by molar-refractivity contribution is 4.93. The molecule has 114 valence electrons. The summed E-state index contributed by atoms with van der Waals surface area (Å²) in [6.45, 7) is 11.4. The van der Waals surface area contributed by atoms with Gasteiger partial charge in [-0.3, -0.25) is 4.90 Å². The normalized spacial score (nSPS) is 29.2. The van der Waals surface area contributed by atoms with Gasteiger partial charge in [-0.05, 0) is 57.0 Å². The van der Waals surface area contributed by atoms with Crippen molar-refractivity contribution in [2.45, 2.75) is 71.8 Å².